The largest absolute Gasteiger partial charge is 0.494 e. The molecule has 170 valence electrons. The second-order valence-electron chi connectivity index (χ2n) is 10.7. The van der Waals surface area contributed by atoms with E-state index in [0.717, 1.165) is 23.5 Å². The molecule has 1 aromatic carbocycles. The summed E-state index contributed by atoms with van der Waals surface area (Å²) in [6, 6.07) is 6.67. The molecule has 0 saturated heterocycles. The molecule has 4 fully saturated rings. The quantitative estimate of drug-likeness (QED) is 0.640. The Morgan fingerprint density at radius 1 is 0.968 bits per heavy atom. The third kappa shape index (κ3) is 4.61. The van der Waals surface area contributed by atoms with E-state index in [1.807, 2.05) is 20.8 Å². The molecule has 4 aliphatic rings. The van der Waals surface area contributed by atoms with Gasteiger partial charge in [0.1, 0.15) is 11.8 Å². The van der Waals surface area contributed by atoms with Crippen LogP contribution in [0.2, 0.25) is 0 Å². The van der Waals surface area contributed by atoms with E-state index in [9.17, 15) is 9.59 Å². The molecule has 4 saturated carbocycles. The van der Waals surface area contributed by atoms with Gasteiger partial charge in [-0.05, 0) is 106 Å². The maximum atomic E-state index is 13.2. The summed E-state index contributed by atoms with van der Waals surface area (Å²) in [7, 11) is 0. The minimum Gasteiger partial charge on any atom is -0.494 e. The van der Waals surface area contributed by atoms with Gasteiger partial charge in [0.25, 0.3) is 5.91 Å². The number of ether oxygens (including phenoxy) is 1. The molecule has 1 aromatic rings. The smallest absolute Gasteiger partial charge is 0.251 e. The molecule has 31 heavy (non-hydrogen) atoms. The van der Waals surface area contributed by atoms with Gasteiger partial charge in [0.2, 0.25) is 5.91 Å². The first-order chi connectivity index (χ1) is 14.8. The number of hydrogen-bond donors (Lipinski definition) is 2. The number of carbonyl (C=O) groups is 2. The summed E-state index contributed by atoms with van der Waals surface area (Å²) in [4.78, 5) is 26.1. The first kappa shape index (κ1) is 22.2. The van der Waals surface area contributed by atoms with E-state index in [4.69, 9.17) is 4.74 Å². The van der Waals surface area contributed by atoms with Crippen molar-refractivity contribution >= 4 is 11.8 Å². The maximum Gasteiger partial charge on any atom is 0.251 e. The third-order valence-corrected chi connectivity index (χ3v) is 8.03. The van der Waals surface area contributed by atoms with Crippen molar-refractivity contribution in [2.45, 2.75) is 78.3 Å². The molecule has 0 heterocycles. The highest BCUT2D eigenvalue weighted by atomic mass is 16.5. The molecule has 0 spiro atoms. The molecule has 4 aliphatic carbocycles. The van der Waals surface area contributed by atoms with Crippen molar-refractivity contribution in [3.63, 3.8) is 0 Å². The van der Waals surface area contributed by atoms with Crippen LogP contribution < -0.4 is 15.4 Å². The van der Waals surface area contributed by atoms with E-state index in [2.05, 4.69) is 17.6 Å². The van der Waals surface area contributed by atoms with Crippen LogP contribution in [-0.4, -0.2) is 30.5 Å². The van der Waals surface area contributed by atoms with E-state index >= 15 is 0 Å². The van der Waals surface area contributed by atoms with Crippen LogP contribution in [0, 0.1) is 29.1 Å². The number of nitrogens with one attached hydrogen (secondary N) is 2. The van der Waals surface area contributed by atoms with Crippen molar-refractivity contribution in [1.29, 1.82) is 0 Å². The maximum absolute atomic E-state index is 13.2. The van der Waals surface area contributed by atoms with Crippen molar-refractivity contribution in [3.8, 4) is 5.75 Å². The average molecular weight is 427 g/mol. The third-order valence-electron chi connectivity index (χ3n) is 8.03. The predicted molar refractivity (Wildman–Crippen MR) is 122 cm³/mol. The number of rotatable bonds is 8. The Balaban J connectivity index is 1.40. The second kappa shape index (κ2) is 8.84. The van der Waals surface area contributed by atoms with Crippen molar-refractivity contribution in [2.75, 3.05) is 6.61 Å². The van der Waals surface area contributed by atoms with Crippen LogP contribution in [0.3, 0.4) is 0 Å². The van der Waals surface area contributed by atoms with Crippen LogP contribution in [0.15, 0.2) is 24.3 Å². The molecule has 4 bridgehead atoms. The van der Waals surface area contributed by atoms with Crippen LogP contribution in [0.25, 0.3) is 0 Å². The van der Waals surface area contributed by atoms with Gasteiger partial charge in [0.15, 0.2) is 0 Å². The van der Waals surface area contributed by atoms with Crippen molar-refractivity contribution in [2.24, 2.45) is 29.1 Å². The highest BCUT2D eigenvalue weighted by Crippen LogP contribution is 2.61. The molecule has 5 nitrogen and oxygen atoms in total. The Labute approximate surface area is 186 Å². The van der Waals surface area contributed by atoms with Crippen LogP contribution in [0.4, 0.5) is 0 Å². The van der Waals surface area contributed by atoms with E-state index < -0.39 is 6.04 Å². The SMILES string of the molecule is CCOc1ccc(C(=O)NC(C(=O)NC(C)C23CC4CC(CC(C4)C2)C3)C(C)C)cc1. The minimum absolute atomic E-state index is 0.00945. The lowest BCUT2D eigenvalue weighted by Gasteiger charge is -2.59. The van der Waals surface area contributed by atoms with Gasteiger partial charge in [-0.3, -0.25) is 9.59 Å². The standard InChI is InChI=1S/C26H38N2O3/c1-5-31-22-8-6-21(7-9-22)24(29)28-23(16(2)3)25(30)27-17(4)26-13-18-10-19(14-26)12-20(11-18)15-26/h6-9,16-20,23H,5,10-15H2,1-4H3,(H,27,30)(H,28,29). The van der Waals surface area contributed by atoms with Gasteiger partial charge in [0.05, 0.1) is 6.61 Å². The molecule has 2 atom stereocenters. The zero-order chi connectivity index (χ0) is 22.2. The summed E-state index contributed by atoms with van der Waals surface area (Å²) in [5.74, 6) is 3.02. The van der Waals surface area contributed by atoms with Gasteiger partial charge in [-0.1, -0.05) is 13.8 Å². The molecule has 0 radical (unpaired) electrons. The van der Waals surface area contributed by atoms with Crippen molar-refractivity contribution in [3.05, 3.63) is 29.8 Å². The average Bonchev–Trinajstić information content (AvgIpc) is 2.71. The van der Waals surface area contributed by atoms with E-state index in [1.54, 1.807) is 24.3 Å². The van der Waals surface area contributed by atoms with Gasteiger partial charge >= 0.3 is 0 Å². The molecule has 5 heteroatoms. The topological polar surface area (TPSA) is 67.4 Å². The monoisotopic (exact) mass is 426 g/mol. The summed E-state index contributed by atoms with van der Waals surface area (Å²) in [5.41, 5.74) is 0.793. The van der Waals surface area contributed by atoms with Crippen LogP contribution >= 0.6 is 0 Å². The number of benzene rings is 1. The lowest BCUT2D eigenvalue weighted by atomic mass is 9.48. The van der Waals surface area contributed by atoms with E-state index in [0.29, 0.717) is 12.2 Å². The van der Waals surface area contributed by atoms with Crippen molar-refractivity contribution in [1.82, 2.24) is 10.6 Å². The molecule has 0 aromatic heterocycles. The molecule has 2 amide bonds. The summed E-state index contributed by atoms with van der Waals surface area (Å²) in [6.07, 6.45) is 7.95. The Bertz CT molecular complexity index is 766. The number of hydrogen-bond acceptors (Lipinski definition) is 3. The predicted octanol–water partition coefficient (Wildman–Crippen LogP) is 4.56. The minimum atomic E-state index is -0.546. The van der Waals surface area contributed by atoms with Gasteiger partial charge in [-0.2, -0.15) is 0 Å². The Hall–Kier alpha value is -2.04. The molecular formula is C26H38N2O3. The van der Waals surface area contributed by atoms with E-state index in [-0.39, 0.29) is 29.2 Å². The van der Waals surface area contributed by atoms with Gasteiger partial charge in [-0.25, -0.2) is 0 Å². The number of carbonyl (C=O) groups excluding carboxylic acids is 2. The van der Waals surface area contributed by atoms with Gasteiger partial charge in [0, 0.05) is 11.6 Å². The lowest BCUT2D eigenvalue weighted by Crippen LogP contribution is -2.59. The first-order valence-corrected chi connectivity index (χ1v) is 12.1. The van der Waals surface area contributed by atoms with Gasteiger partial charge in [-0.15, -0.1) is 0 Å². The van der Waals surface area contributed by atoms with Crippen LogP contribution in [-0.2, 0) is 4.79 Å². The lowest BCUT2D eigenvalue weighted by molar-refractivity contribution is -0.128. The molecule has 2 N–H and O–H groups in total. The summed E-state index contributed by atoms with van der Waals surface area (Å²) in [5, 5.41) is 6.30. The Morgan fingerprint density at radius 2 is 1.52 bits per heavy atom. The van der Waals surface area contributed by atoms with Crippen LogP contribution in [0.1, 0.15) is 76.6 Å². The Morgan fingerprint density at radius 3 is 2.00 bits per heavy atom. The fraction of sp³-hybridized carbons (Fsp3) is 0.692. The fourth-order valence-corrected chi connectivity index (χ4v) is 6.79. The van der Waals surface area contributed by atoms with E-state index in [1.165, 1.54) is 38.5 Å². The fourth-order valence-electron chi connectivity index (χ4n) is 6.79. The summed E-state index contributed by atoms with van der Waals surface area (Å²) < 4.78 is 5.45. The molecule has 0 aliphatic heterocycles. The highest BCUT2D eigenvalue weighted by molar-refractivity contribution is 5.97. The zero-order valence-electron chi connectivity index (χ0n) is 19.4. The second-order valence-corrected chi connectivity index (χ2v) is 10.7. The van der Waals surface area contributed by atoms with Crippen LogP contribution in [0.5, 0.6) is 5.75 Å². The summed E-state index contributed by atoms with van der Waals surface area (Å²) >= 11 is 0. The Kier molecular flexibility index (Phi) is 6.32. The van der Waals surface area contributed by atoms with Gasteiger partial charge < -0.3 is 15.4 Å². The number of amides is 2. The molecular weight excluding hydrogens is 388 g/mol. The highest BCUT2D eigenvalue weighted by Gasteiger charge is 2.53. The molecule has 5 rings (SSSR count). The molecule has 2 unspecified atom stereocenters. The summed E-state index contributed by atoms with van der Waals surface area (Å²) in [6.45, 7) is 8.67. The first-order valence-electron chi connectivity index (χ1n) is 12.1. The van der Waals surface area contributed by atoms with Crippen molar-refractivity contribution < 1.29 is 14.3 Å². The normalized spacial score (nSPS) is 30.7. The zero-order valence-corrected chi connectivity index (χ0v) is 19.4.